The SMILES string of the molecule is COc1cccc(C2/C(=C(\O)c3ccc4c(c3)CC(C)O4)C(=O)C(=O)N2c2nnc(SCc3ccc(C)cc3)s2)c1. The molecule has 2 aliphatic heterocycles. The first-order valence-corrected chi connectivity index (χ1v) is 14.9. The summed E-state index contributed by atoms with van der Waals surface area (Å²) in [6.45, 7) is 4.02. The Labute approximate surface area is 245 Å². The number of anilines is 1. The number of ketones is 1. The number of carbonyl (C=O) groups excluding carboxylic acids is 2. The van der Waals surface area contributed by atoms with Crippen LogP contribution in [0.2, 0.25) is 0 Å². The number of aliphatic hydroxyl groups excluding tert-OH is 1. The number of methoxy groups -OCH3 is 1. The van der Waals surface area contributed by atoms with Crippen LogP contribution in [-0.4, -0.2) is 40.2 Å². The molecule has 1 fully saturated rings. The van der Waals surface area contributed by atoms with E-state index < -0.39 is 17.7 Å². The van der Waals surface area contributed by atoms with Crippen LogP contribution in [0, 0.1) is 6.92 Å². The predicted octanol–water partition coefficient (Wildman–Crippen LogP) is 6.10. The number of fused-ring (bicyclic) bond motifs is 1. The Balaban J connectivity index is 1.39. The van der Waals surface area contributed by atoms with Crippen LogP contribution in [0.5, 0.6) is 11.5 Å². The summed E-state index contributed by atoms with van der Waals surface area (Å²) >= 11 is 2.74. The molecule has 3 aromatic carbocycles. The topological polar surface area (TPSA) is 102 Å². The highest BCUT2D eigenvalue weighted by Crippen LogP contribution is 2.45. The Hall–Kier alpha value is -4.15. The van der Waals surface area contributed by atoms with Crippen molar-refractivity contribution in [2.24, 2.45) is 0 Å². The van der Waals surface area contributed by atoms with Crippen molar-refractivity contribution in [3.8, 4) is 11.5 Å². The summed E-state index contributed by atoms with van der Waals surface area (Å²) in [5, 5.41) is 20.4. The number of hydrogen-bond acceptors (Lipinski definition) is 9. The lowest BCUT2D eigenvalue weighted by Gasteiger charge is -2.23. The van der Waals surface area contributed by atoms with Gasteiger partial charge in [-0.1, -0.05) is 65.1 Å². The molecular formula is C31H27N3O5S2. The number of rotatable bonds is 7. The van der Waals surface area contributed by atoms with E-state index in [-0.39, 0.29) is 22.6 Å². The Morgan fingerprint density at radius 3 is 2.71 bits per heavy atom. The summed E-state index contributed by atoms with van der Waals surface area (Å²) in [5.41, 5.74) is 4.30. The van der Waals surface area contributed by atoms with E-state index in [2.05, 4.69) is 34.5 Å². The van der Waals surface area contributed by atoms with Crippen LogP contribution < -0.4 is 14.4 Å². The highest BCUT2D eigenvalue weighted by molar-refractivity contribution is 8.00. The van der Waals surface area contributed by atoms with Gasteiger partial charge in [0.2, 0.25) is 5.13 Å². The molecule has 8 nitrogen and oxygen atoms in total. The van der Waals surface area contributed by atoms with Crippen LogP contribution in [-0.2, 0) is 21.8 Å². The fourth-order valence-electron chi connectivity index (χ4n) is 5.07. The second-order valence-corrected chi connectivity index (χ2v) is 12.2. The highest BCUT2D eigenvalue weighted by Gasteiger charge is 2.48. The van der Waals surface area contributed by atoms with E-state index in [4.69, 9.17) is 9.47 Å². The van der Waals surface area contributed by atoms with Gasteiger partial charge in [0.1, 0.15) is 23.4 Å². The summed E-state index contributed by atoms with van der Waals surface area (Å²) in [4.78, 5) is 28.4. The van der Waals surface area contributed by atoms with Crippen molar-refractivity contribution in [1.82, 2.24) is 10.2 Å². The molecule has 3 heterocycles. The van der Waals surface area contributed by atoms with Gasteiger partial charge in [-0.2, -0.15) is 0 Å². The minimum Gasteiger partial charge on any atom is -0.507 e. The maximum atomic E-state index is 13.6. The smallest absolute Gasteiger partial charge is 0.301 e. The molecule has 1 amide bonds. The predicted molar refractivity (Wildman–Crippen MR) is 159 cm³/mol. The van der Waals surface area contributed by atoms with Gasteiger partial charge in [-0.3, -0.25) is 14.5 Å². The van der Waals surface area contributed by atoms with E-state index in [1.54, 1.807) is 43.5 Å². The molecule has 2 unspecified atom stereocenters. The first-order chi connectivity index (χ1) is 19.8. The lowest BCUT2D eigenvalue weighted by Crippen LogP contribution is -2.29. The number of aliphatic hydroxyl groups is 1. The van der Waals surface area contributed by atoms with Gasteiger partial charge in [-0.25, -0.2) is 0 Å². The minimum absolute atomic E-state index is 0.0146. The van der Waals surface area contributed by atoms with E-state index in [9.17, 15) is 14.7 Å². The van der Waals surface area contributed by atoms with Crippen LogP contribution in [0.25, 0.3) is 5.76 Å². The molecule has 0 aliphatic carbocycles. The number of benzene rings is 3. The average molecular weight is 586 g/mol. The minimum atomic E-state index is -0.920. The number of hydrogen-bond donors (Lipinski definition) is 1. The van der Waals surface area contributed by atoms with Gasteiger partial charge in [0.25, 0.3) is 5.78 Å². The molecule has 4 aromatic rings. The zero-order valence-electron chi connectivity index (χ0n) is 22.7. The zero-order valence-corrected chi connectivity index (χ0v) is 24.3. The third kappa shape index (κ3) is 5.20. The molecule has 0 saturated carbocycles. The third-order valence-electron chi connectivity index (χ3n) is 7.11. The van der Waals surface area contributed by atoms with Crippen molar-refractivity contribution in [2.45, 2.75) is 42.5 Å². The Morgan fingerprint density at radius 2 is 1.93 bits per heavy atom. The van der Waals surface area contributed by atoms with Crippen LogP contribution in [0.1, 0.15) is 40.8 Å². The molecule has 0 radical (unpaired) electrons. The van der Waals surface area contributed by atoms with Crippen molar-refractivity contribution in [1.29, 1.82) is 0 Å². The molecular weight excluding hydrogens is 558 g/mol. The molecule has 1 N–H and O–H groups in total. The number of aromatic nitrogens is 2. The molecule has 0 bridgehead atoms. The molecule has 0 spiro atoms. The molecule has 10 heteroatoms. The van der Waals surface area contributed by atoms with Gasteiger partial charge in [0.15, 0.2) is 4.34 Å². The van der Waals surface area contributed by atoms with Gasteiger partial charge in [0, 0.05) is 17.7 Å². The van der Waals surface area contributed by atoms with E-state index in [0.29, 0.717) is 33.4 Å². The van der Waals surface area contributed by atoms with Crippen molar-refractivity contribution < 1.29 is 24.2 Å². The second kappa shape index (κ2) is 11.0. The quantitative estimate of drug-likeness (QED) is 0.0913. The summed E-state index contributed by atoms with van der Waals surface area (Å²) in [6, 6.07) is 19.7. The fourth-order valence-corrected chi connectivity index (χ4v) is 6.89. The number of nitrogens with zero attached hydrogens (tertiary/aromatic N) is 3. The summed E-state index contributed by atoms with van der Waals surface area (Å²) in [6.07, 6.45) is 0.720. The van der Waals surface area contributed by atoms with Crippen LogP contribution in [0.4, 0.5) is 5.13 Å². The number of ether oxygens (including phenoxy) is 2. The Kier molecular flexibility index (Phi) is 7.27. The second-order valence-electron chi connectivity index (χ2n) is 10.0. The Bertz CT molecular complexity index is 1680. The molecule has 2 aliphatic rings. The summed E-state index contributed by atoms with van der Waals surface area (Å²) in [7, 11) is 1.55. The molecule has 1 aromatic heterocycles. The largest absolute Gasteiger partial charge is 0.507 e. The molecule has 6 rings (SSSR count). The number of thioether (sulfide) groups is 1. The normalized spacial score (nSPS) is 19.3. The average Bonchev–Trinajstić information content (AvgIpc) is 3.67. The number of carbonyl (C=O) groups is 2. The molecule has 208 valence electrons. The third-order valence-corrected chi connectivity index (χ3v) is 9.24. The maximum absolute atomic E-state index is 13.6. The fraction of sp³-hybridized carbons (Fsp3) is 0.226. The molecule has 41 heavy (non-hydrogen) atoms. The first kappa shape index (κ1) is 27.0. The van der Waals surface area contributed by atoms with Gasteiger partial charge in [0.05, 0.1) is 18.7 Å². The van der Waals surface area contributed by atoms with Crippen molar-refractivity contribution in [3.05, 3.63) is 100 Å². The summed E-state index contributed by atoms with van der Waals surface area (Å²) in [5.74, 6) is 0.188. The maximum Gasteiger partial charge on any atom is 0.301 e. The van der Waals surface area contributed by atoms with E-state index in [1.807, 2.05) is 19.9 Å². The van der Waals surface area contributed by atoms with E-state index >= 15 is 0 Å². The lowest BCUT2D eigenvalue weighted by atomic mass is 9.94. The zero-order chi connectivity index (χ0) is 28.7. The highest BCUT2D eigenvalue weighted by atomic mass is 32.2. The van der Waals surface area contributed by atoms with Crippen molar-refractivity contribution in [3.63, 3.8) is 0 Å². The Morgan fingerprint density at radius 1 is 1.12 bits per heavy atom. The number of aryl methyl sites for hydroxylation is 1. The van der Waals surface area contributed by atoms with Gasteiger partial charge in [-0.05, 0) is 60.9 Å². The monoisotopic (exact) mass is 585 g/mol. The lowest BCUT2D eigenvalue weighted by molar-refractivity contribution is -0.132. The summed E-state index contributed by atoms with van der Waals surface area (Å²) < 4.78 is 11.9. The number of amides is 1. The van der Waals surface area contributed by atoms with E-state index in [1.165, 1.54) is 33.6 Å². The molecule has 2 atom stereocenters. The van der Waals surface area contributed by atoms with Gasteiger partial charge < -0.3 is 14.6 Å². The van der Waals surface area contributed by atoms with Crippen molar-refractivity contribution in [2.75, 3.05) is 12.0 Å². The number of Topliss-reactive ketones (excluding diaryl/α,β-unsaturated/α-hetero) is 1. The van der Waals surface area contributed by atoms with Gasteiger partial charge in [-0.15, -0.1) is 10.2 Å². The first-order valence-electron chi connectivity index (χ1n) is 13.1. The van der Waals surface area contributed by atoms with Gasteiger partial charge >= 0.3 is 5.91 Å². The molecule has 1 saturated heterocycles. The van der Waals surface area contributed by atoms with Crippen LogP contribution in [0.3, 0.4) is 0 Å². The standard InChI is InChI=1S/C31H27N3O5S2/c1-17-7-9-19(10-8-17)16-40-31-33-32-30(41-31)34-26(20-5-4-6-23(15-20)38-3)25(28(36)29(34)37)27(35)21-11-12-24-22(14-21)13-18(2)39-24/h4-12,14-15,18,26,35H,13,16H2,1-3H3/b27-25+. The van der Waals surface area contributed by atoms with E-state index in [0.717, 1.165) is 16.9 Å². The van der Waals surface area contributed by atoms with Crippen LogP contribution in [0.15, 0.2) is 76.6 Å². The van der Waals surface area contributed by atoms with Crippen LogP contribution >= 0.6 is 23.1 Å². The van der Waals surface area contributed by atoms with Crippen molar-refractivity contribution >= 4 is 45.7 Å².